The molecule has 1 heterocycles. The van der Waals surface area contributed by atoms with Gasteiger partial charge in [-0.15, -0.1) is 12.4 Å². The first-order valence-corrected chi connectivity index (χ1v) is 7.85. The first-order chi connectivity index (χ1) is 12.1. The molecule has 1 atom stereocenters. The van der Waals surface area contributed by atoms with Crippen LogP contribution >= 0.6 is 12.4 Å². The van der Waals surface area contributed by atoms with E-state index in [4.69, 9.17) is 0 Å². The van der Waals surface area contributed by atoms with E-state index in [1.54, 1.807) is 0 Å². The SMILES string of the molecule is Cc1cc(F)cc(C(=O)NCC(N2CCNCC2)C(F)(F)F)c1[N+](=O)[O-].Cl. The van der Waals surface area contributed by atoms with E-state index in [0.717, 1.165) is 6.07 Å². The molecule has 0 saturated carbocycles. The van der Waals surface area contributed by atoms with E-state index >= 15 is 0 Å². The monoisotopic (exact) mass is 414 g/mol. The number of carbonyl (C=O) groups is 1. The van der Waals surface area contributed by atoms with Gasteiger partial charge in [0.25, 0.3) is 11.6 Å². The summed E-state index contributed by atoms with van der Waals surface area (Å²) < 4.78 is 53.4. The molecule has 2 rings (SSSR count). The minimum atomic E-state index is -4.59. The molecule has 0 aromatic heterocycles. The molecule has 12 heteroatoms. The molecule has 1 aliphatic heterocycles. The number of hydrogen-bond acceptors (Lipinski definition) is 5. The number of amides is 1. The lowest BCUT2D eigenvalue weighted by atomic mass is 10.1. The fraction of sp³-hybridized carbons (Fsp3) is 0.533. The van der Waals surface area contributed by atoms with Crippen molar-refractivity contribution in [2.75, 3.05) is 32.7 Å². The highest BCUT2D eigenvalue weighted by molar-refractivity contribution is 5.98. The molecular weight excluding hydrogens is 396 g/mol. The zero-order valence-electron chi connectivity index (χ0n) is 14.3. The number of carbonyl (C=O) groups excluding carboxylic acids is 1. The molecule has 1 aromatic carbocycles. The number of nitrogens with one attached hydrogen (secondary N) is 2. The molecule has 1 amide bonds. The molecule has 1 aliphatic rings. The van der Waals surface area contributed by atoms with Crippen molar-refractivity contribution >= 4 is 24.0 Å². The molecule has 0 radical (unpaired) electrons. The predicted molar refractivity (Wildman–Crippen MR) is 91.7 cm³/mol. The minimum Gasteiger partial charge on any atom is -0.350 e. The Labute approximate surface area is 158 Å². The number of piperazine rings is 1. The predicted octanol–water partition coefficient (Wildman–Crippen LogP) is 2.03. The van der Waals surface area contributed by atoms with E-state index < -0.39 is 46.7 Å². The van der Waals surface area contributed by atoms with Gasteiger partial charge in [0.2, 0.25) is 0 Å². The van der Waals surface area contributed by atoms with E-state index in [-0.39, 0.29) is 31.1 Å². The van der Waals surface area contributed by atoms with Crippen molar-refractivity contribution in [1.29, 1.82) is 0 Å². The van der Waals surface area contributed by atoms with Gasteiger partial charge < -0.3 is 10.6 Å². The van der Waals surface area contributed by atoms with Crippen LogP contribution in [-0.4, -0.2) is 60.7 Å². The number of halogens is 5. The van der Waals surface area contributed by atoms with Crippen LogP contribution in [0.4, 0.5) is 23.2 Å². The summed E-state index contributed by atoms with van der Waals surface area (Å²) in [6.45, 7) is 1.54. The van der Waals surface area contributed by atoms with Crippen molar-refractivity contribution in [3.05, 3.63) is 39.2 Å². The molecule has 1 unspecified atom stereocenters. The van der Waals surface area contributed by atoms with Crippen LogP contribution < -0.4 is 10.6 Å². The number of aryl methyl sites for hydroxylation is 1. The number of nitro groups is 1. The second kappa shape index (κ2) is 9.29. The van der Waals surface area contributed by atoms with E-state index in [0.29, 0.717) is 19.2 Å². The Hall–Kier alpha value is -1.98. The maximum absolute atomic E-state index is 13.5. The molecule has 27 heavy (non-hydrogen) atoms. The minimum absolute atomic E-state index is 0. The van der Waals surface area contributed by atoms with Gasteiger partial charge in [-0.2, -0.15) is 13.2 Å². The van der Waals surface area contributed by atoms with Gasteiger partial charge in [-0.1, -0.05) is 0 Å². The number of nitro benzene ring substituents is 1. The largest absolute Gasteiger partial charge is 0.405 e. The van der Waals surface area contributed by atoms with E-state index in [1.807, 2.05) is 0 Å². The quantitative estimate of drug-likeness (QED) is 0.437. The summed E-state index contributed by atoms with van der Waals surface area (Å²) in [4.78, 5) is 23.6. The molecule has 0 spiro atoms. The molecule has 7 nitrogen and oxygen atoms in total. The lowest BCUT2D eigenvalue weighted by molar-refractivity contribution is -0.385. The van der Waals surface area contributed by atoms with Gasteiger partial charge in [0, 0.05) is 38.3 Å². The van der Waals surface area contributed by atoms with Crippen molar-refractivity contribution in [1.82, 2.24) is 15.5 Å². The lowest BCUT2D eigenvalue weighted by Gasteiger charge is -2.35. The van der Waals surface area contributed by atoms with Gasteiger partial charge in [0.1, 0.15) is 17.4 Å². The zero-order chi connectivity index (χ0) is 19.5. The van der Waals surface area contributed by atoms with Crippen molar-refractivity contribution in [2.45, 2.75) is 19.1 Å². The number of alkyl halides is 3. The Kier molecular flexibility index (Phi) is 7.93. The highest BCUT2D eigenvalue weighted by atomic mass is 35.5. The molecule has 1 aromatic rings. The summed E-state index contributed by atoms with van der Waals surface area (Å²) in [6.07, 6.45) is -4.59. The van der Waals surface area contributed by atoms with E-state index in [9.17, 15) is 32.5 Å². The standard InChI is InChI=1S/C15H18F4N4O3.ClH/c1-9-6-10(16)7-11(13(9)23(25)26)14(24)21-8-12(15(17,18)19)22-4-2-20-3-5-22;/h6-7,12,20H,2-5,8H2,1H3,(H,21,24);1H. The Morgan fingerprint density at radius 2 is 1.96 bits per heavy atom. The number of rotatable bonds is 5. The summed E-state index contributed by atoms with van der Waals surface area (Å²) in [5, 5.41) is 16.1. The third-order valence-electron chi connectivity index (χ3n) is 4.12. The van der Waals surface area contributed by atoms with Crippen molar-refractivity contribution in [3.63, 3.8) is 0 Å². The summed E-state index contributed by atoms with van der Waals surface area (Å²) in [6, 6.07) is -0.399. The average Bonchev–Trinajstić information content (AvgIpc) is 2.53. The first kappa shape index (κ1) is 23.1. The Bertz CT molecular complexity index is 696. The van der Waals surface area contributed by atoms with Gasteiger partial charge in [-0.05, 0) is 19.1 Å². The van der Waals surface area contributed by atoms with Crippen LogP contribution in [0.15, 0.2) is 12.1 Å². The maximum Gasteiger partial charge on any atom is 0.405 e. The highest BCUT2D eigenvalue weighted by Gasteiger charge is 2.44. The second-order valence-corrected chi connectivity index (χ2v) is 5.93. The summed E-state index contributed by atoms with van der Waals surface area (Å²) in [5.41, 5.74) is -1.32. The first-order valence-electron chi connectivity index (χ1n) is 7.85. The van der Waals surface area contributed by atoms with Gasteiger partial charge >= 0.3 is 6.18 Å². The summed E-state index contributed by atoms with van der Waals surface area (Å²) in [5.74, 6) is -2.00. The van der Waals surface area contributed by atoms with Crippen LogP contribution in [0.25, 0.3) is 0 Å². The highest BCUT2D eigenvalue weighted by Crippen LogP contribution is 2.27. The molecular formula is C15H19ClF4N4O3. The number of nitrogens with zero attached hydrogens (tertiary/aromatic N) is 2. The number of benzene rings is 1. The Balaban J connectivity index is 0.00000364. The zero-order valence-corrected chi connectivity index (χ0v) is 15.1. The molecule has 152 valence electrons. The number of hydrogen-bond donors (Lipinski definition) is 2. The summed E-state index contributed by atoms with van der Waals surface area (Å²) in [7, 11) is 0. The van der Waals surface area contributed by atoms with Crippen LogP contribution in [0.5, 0.6) is 0 Å². The van der Waals surface area contributed by atoms with Crippen molar-refractivity contribution in [3.8, 4) is 0 Å². The van der Waals surface area contributed by atoms with Crippen LogP contribution in [-0.2, 0) is 0 Å². The van der Waals surface area contributed by atoms with Gasteiger partial charge in [0.15, 0.2) is 0 Å². The topological polar surface area (TPSA) is 87.5 Å². The molecule has 0 bridgehead atoms. The Morgan fingerprint density at radius 3 is 2.48 bits per heavy atom. The fourth-order valence-corrected chi connectivity index (χ4v) is 2.88. The third-order valence-corrected chi connectivity index (χ3v) is 4.12. The van der Waals surface area contributed by atoms with Gasteiger partial charge in [-0.25, -0.2) is 4.39 Å². The van der Waals surface area contributed by atoms with Crippen molar-refractivity contribution < 1.29 is 27.3 Å². The van der Waals surface area contributed by atoms with Crippen molar-refractivity contribution in [2.24, 2.45) is 0 Å². The smallest absolute Gasteiger partial charge is 0.350 e. The molecule has 0 aliphatic carbocycles. The average molecular weight is 415 g/mol. The van der Waals surface area contributed by atoms with Crippen LogP contribution in [0.1, 0.15) is 15.9 Å². The van der Waals surface area contributed by atoms with Gasteiger partial charge in [0.05, 0.1) is 4.92 Å². The third kappa shape index (κ3) is 5.75. The van der Waals surface area contributed by atoms with E-state index in [1.165, 1.54) is 11.8 Å². The molecule has 2 N–H and O–H groups in total. The van der Waals surface area contributed by atoms with Crippen LogP contribution in [0.2, 0.25) is 0 Å². The normalized spacial score (nSPS) is 16.3. The van der Waals surface area contributed by atoms with E-state index in [2.05, 4.69) is 10.6 Å². The fourth-order valence-electron chi connectivity index (χ4n) is 2.88. The molecule has 1 fully saturated rings. The van der Waals surface area contributed by atoms with Crippen LogP contribution in [0, 0.1) is 22.9 Å². The maximum atomic E-state index is 13.5. The molecule has 1 saturated heterocycles. The second-order valence-electron chi connectivity index (χ2n) is 5.93. The summed E-state index contributed by atoms with van der Waals surface area (Å²) >= 11 is 0. The van der Waals surface area contributed by atoms with Gasteiger partial charge in [-0.3, -0.25) is 19.8 Å². The van der Waals surface area contributed by atoms with Crippen LogP contribution in [0.3, 0.4) is 0 Å². The lowest BCUT2D eigenvalue weighted by Crippen LogP contribution is -2.57. The Morgan fingerprint density at radius 1 is 1.37 bits per heavy atom.